The Bertz CT molecular complexity index is 263. The molecule has 0 amide bonds. The molecule has 4 atom stereocenters. The summed E-state index contributed by atoms with van der Waals surface area (Å²) >= 11 is 0. The minimum absolute atomic E-state index is 0.0513. The standard InChI is InChI=1S/C16H32N2O/c1-4-17-16-10-12(2)9-13(3)15(16)11-18-7-5-14(19)6-8-18/h12-17,19H,4-11H2,1-3H3. The molecule has 4 unspecified atom stereocenters. The largest absolute Gasteiger partial charge is 0.393 e. The van der Waals surface area contributed by atoms with Crippen molar-refractivity contribution >= 4 is 0 Å². The zero-order chi connectivity index (χ0) is 13.8. The summed E-state index contributed by atoms with van der Waals surface area (Å²) in [6.45, 7) is 11.5. The highest BCUT2D eigenvalue weighted by molar-refractivity contribution is 4.89. The summed E-state index contributed by atoms with van der Waals surface area (Å²) in [6.07, 6.45) is 4.58. The van der Waals surface area contributed by atoms with Crippen LogP contribution in [-0.4, -0.2) is 48.3 Å². The zero-order valence-corrected chi connectivity index (χ0v) is 12.9. The van der Waals surface area contributed by atoms with Gasteiger partial charge >= 0.3 is 0 Å². The molecule has 2 rings (SSSR count). The molecule has 19 heavy (non-hydrogen) atoms. The minimum Gasteiger partial charge on any atom is -0.393 e. The molecule has 2 N–H and O–H groups in total. The molecule has 1 saturated heterocycles. The molecule has 1 heterocycles. The van der Waals surface area contributed by atoms with E-state index in [1.54, 1.807) is 0 Å². The molecule has 3 heteroatoms. The van der Waals surface area contributed by atoms with E-state index in [1.165, 1.54) is 19.4 Å². The number of hydrogen-bond acceptors (Lipinski definition) is 3. The molecule has 0 bridgehead atoms. The van der Waals surface area contributed by atoms with Crippen molar-refractivity contribution in [3.63, 3.8) is 0 Å². The molecule has 2 fully saturated rings. The van der Waals surface area contributed by atoms with Crippen LogP contribution in [0.3, 0.4) is 0 Å². The van der Waals surface area contributed by atoms with Crippen molar-refractivity contribution in [2.24, 2.45) is 17.8 Å². The lowest BCUT2D eigenvalue weighted by Gasteiger charge is -2.43. The topological polar surface area (TPSA) is 35.5 Å². The predicted molar refractivity (Wildman–Crippen MR) is 80.2 cm³/mol. The smallest absolute Gasteiger partial charge is 0.0564 e. The van der Waals surface area contributed by atoms with E-state index < -0.39 is 0 Å². The number of piperidine rings is 1. The third-order valence-corrected chi connectivity index (χ3v) is 5.17. The first kappa shape index (κ1) is 15.3. The van der Waals surface area contributed by atoms with E-state index in [9.17, 15) is 5.11 Å². The molecule has 0 aromatic heterocycles. The van der Waals surface area contributed by atoms with Gasteiger partial charge in [0.1, 0.15) is 0 Å². The van der Waals surface area contributed by atoms with Crippen molar-refractivity contribution in [3.8, 4) is 0 Å². The second-order valence-electron chi connectivity index (χ2n) is 6.91. The number of hydrogen-bond donors (Lipinski definition) is 2. The second-order valence-corrected chi connectivity index (χ2v) is 6.91. The number of nitrogens with one attached hydrogen (secondary N) is 1. The maximum atomic E-state index is 9.62. The molecule has 0 spiro atoms. The minimum atomic E-state index is -0.0513. The van der Waals surface area contributed by atoms with Gasteiger partial charge in [0, 0.05) is 25.7 Å². The molecule has 112 valence electrons. The van der Waals surface area contributed by atoms with Gasteiger partial charge in [-0.3, -0.25) is 0 Å². The number of aliphatic hydroxyl groups excluding tert-OH is 1. The van der Waals surface area contributed by atoms with Crippen LogP contribution in [0.5, 0.6) is 0 Å². The molecule has 0 aromatic carbocycles. The fraction of sp³-hybridized carbons (Fsp3) is 1.00. The van der Waals surface area contributed by atoms with Gasteiger partial charge in [0.2, 0.25) is 0 Å². The normalized spacial score (nSPS) is 38.5. The van der Waals surface area contributed by atoms with Gasteiger partial charge in [-0.15, -0.1) is 0 Å². The van der Waals surface area contributed by atoms with Crippen molar-refractivity contribution < 1.29 is 5.11 Å². The molecule has 1 saturated carbocycles. The lowest BCUT2D eigenvalue weighted by atomic mass is 9.72. The van der Waals surface area contributed by atoms with E-state index in [1.807, 2.05) is 0 Å². The Balaban J connectivity index is 1.91. The molecular formula is C16H32N2O. The van der Waals surface area contributed by atoms with Crippen LogP contribution in [0.25, 0.3) is 0 Å². The Morgan fingerprint density at radius 1 is 1.16 bits per heavy atom. The number of likely N-dealkylation sites (tertiary alicyclic amines) is 1. The van der Waals surface area contributed by atoms with Crippen LogP contribution in [0.4, 0.5) is 0 Å². The summed E-state index contributed by atoms with van der Waals surface area (Å²) in [6, 6.07) is 0.690. The van der Waals surface area contributed by atoms with Gasteiger partial charge in [0.25, 0.3) is 0 Å². The van der Waals surface area contributed by atoms with E-state index in [0.717, 1.165) is 50.2 Å². The van der Waals surface area contributed by atoms with Crippen LogP contribution in [0.15, 0.2) is 0 Å². The maximum absolute atomic E-state index is 9.62. The lowest BCUT2D eigenvalue weighted by Crippen LogP contribution is -2.50. The van der Waals surface area contributed by atoms with Crippen molar-refractivity contribution in [1.29, 1.82) is 0 Å². The fourth-order valence-electron chi connectivity index (χ4n) is 4.11. The summed E-state index contributed by atoms with van der Waals surface area (Å²) in [5.74, 6) is 2.46. The average molecular weight is 268 g/mol. The van der Waals surface area contributed by atoms with Crippen molar-refractivity contribution in [3.05, 3.63) is 0 Å². The summed E-state index contributed by atoms with van der Waals surface area (Å²) in [7, 11) is 0. The van der Waals surface area contributed by atoms with Gasteiger partial charge in [-0.25, -0.2) is 0 Å². The van der Waals surface area contributed by atoms with Gasteiger partial charge in [-0.1, -0.05) is 20.8 Å². The third kappa shape index (κ3) is 4.17. The molecule has 1 aliphatic heterocycles. The van der Waals surface area contributed by atoms with Crippen molar-refractivity contribution in [1.82, 2.24) is 10.2 Å². The first-order valence-electron chi connectivity index (χ1n) is 8.24. The Kier molecular flexibility index (Phi) is 5.67. The van der Waals surface area contributed by atoms with Gasteiger partial charge < -0.3 is 15.3 Å². The number of rotatable bonds is 4. The van der Waals surface area contributed by atoms with Crippen LogP contribution >= 0.6 is 0 Å². The lowest BCUT2D eigenvalue weighted by molar-refractivity contribution is 0.0494. The maximum Gasteiger partial charge on any atom is 0.0564 e. The first-order valence-corrected chi connectivity index (χ1v) is 8.24. The van der Waals surface area contributed by atoms with Crippen LogP contribution in [0, 0.1) is 17.8 Å². The van der Waals surface area contributed by atoms with E-state index >= 15 is 0 Å². The van der Waals surface area contributed by atoms with Gasteiger partial charge in [0.05, 0.1) is 6.10 Å². The van der Waals surface area contributed by atoms with Crippen LogP contribution in [-0.2, 0) is 0 Å². The molecule has 0 radical (unpaired) electrons. The third-order valence-electron chi connectivity index (χ3n) is 5.17. The van der Waals surface area contributed by atoms with Gasteiger partial charge in [-0.2, -0.15) is 0 Å². The number of nitrogens with zero attached hydrogens (tertiary/aromatic N) is 1. The van der Waals surface area contributed by atoms with E-state index in [-0.39, 0.29) is 6.10 Å². The Morgan fingerprint density at radius 3 is 2.47 bits per heavy atom. The van der Waals surface area contributed by atoms with Crippen molar-refractivity contribution in [2.45, 2.75) is 58.6 Å². The zero-order valence-electron chi connectivity index (χ0n) is 12.9. The molecule has 3 nitrogen and oxygen atoms in total. The van der Waals surface area contributed by atoms with Crippen LogP contribution in [0.1, 0.15) is 46.5 Å². The average Bonchev–Trinajstić information content (AvgIpc) is 2.36. The Labute approximate surface area is 118 Å². The molecular weight excluding hydrogens is 236 g/mol. The van der Waals surface area contributed by atoms with E-state index in [4.69, 9.17) is 0 Å². The van der Waals surface area contributed by atoms with Crippen molar-refractivity contribution in [2.75, 3.05) is 26.2 Å². The van der Waals surface area contributed by atoms with Crippen LogP contribution in [0.2, 0.25) is 0 Å². The quantitative estimate of drug-likeness (QED) is 0.820. The summed E-state index contributed by atoms with van der Waals surface area (Å²) < 4.78 is 0. The molecule has 0 aromatic rings. The molecule has 1 aliphatic carbocycles. The van der Waals surface area contributed by atoms with Gasteiger partial charge in [0.15, 0.2) is 0 Å². The van der Waals surface area contributed by atoms with Gasteiger partial charge in [-0.05, 0) is 50.0 Å². The Hall–Kier alpha value is -0.120. The highest BCUT2D eigenvalue weighted by Crippen LogP contribution is 2.34. The van der Waals surface area contributed by atoms with E-state index in [2.05, 4.69) is 31.0 Å². The SMILES string of the molecule is CCNC1CC(C)CC(C)C1CN1CCC(O)CC1. The molecule has 2 aliphatic rings. The highest BCUT2D eigenvalue weighted by Gasteiger charge is 2.34. The second kappa shape index (κ2) is 7.05. The fourth-order valence-corrected chi connectivity index (χ4v) is 4.11. The summed E-state index contributed by atoms with van der Waals surface area (Å²) in [5.41, 5.74) is 0. The summed E-state index contributed by atoms with van der Waals surface area (Å²) in [5, 5.41) is 13.3. The Morgan fingerprint density at radius 2 is 1.84 bits per heavy atom. The highest BCUT2D eigenvalue weighted by atomic mass is 16.3. The first-order chi connectivity index (χ1) is 9.10. The monoisotopic (exact) mass is 268 g/mol. The predicted octanol–water partition coefficient (Wildman–Crippen LogP) is 2.10. The summed E-state index contributed by atoms with van der Waals surface area (Å²) in [4.78, 5) is 2.58. The van der Waals surface area contributed by atoms with Crippen LogP contribution < -0.4 is 5.32 Å². The van der Waals surface area contributed by atoms with E-state index in [0.29, 0.717) is 6.04 Å². The number of aliphatic hydroxyl groups is 1.